The number of carbonyl (C=O) groups excluding carboxylic acids is 2. The summed E-state index contributed by atoms with van der Waals surface area (Å²) in [7, 11) is 0. The van der Waals surface area contributed by atoms with Gasteiger partial charge in [0.2, 0.25) is 0 Å². The SMILES string of the molecule is C=CCC1CCC(OC(=O)c2ccc(/C=C/C(=O)OCCc3ccc(N)cc3N)cc2)CC1. The van der Waals surface area contributed by atoms with Crippen LogP contribution in [0.2, 0.25) is 0 Å². The lowest BCUT2D eigenvalue weighted by Crippen LogP contribution is -2.24. The number of ether oxygens (including phenoxy) is 2. The first-order valence-electron chi connectivity index (χ1n) is 11.3. The van der Waals surface area contributed by atoms with Crippen molar-refractivity contribution in [1.82, 2.24) is 0 Å². The van der Waals surface area contributed by atoms with E-state index in [9.17, 15) is 9.59 Å². The molecule has 0 aromatic heterocycles. The summed E-state index contributed by atoms with van der Waals surface area (Å²) in [6, 6.07) is 12.2. The number of anilines is 2. The Kier molecular flexibility index (Phi) is 8.70. The molecule has 174 valence electrons. The van der Waals surface area contributed by atoms with Crippen molar-refractivity contribution >= 4 is 29.4 Å². The van der Waals surface area contributed by atoms with Gasteiger partial charge in [-0.15, -0.1) is 6.58 Å². The average Bonchev–Trinajstić information content (AvgIpc) is 2.81. The van der Waals surface area contributed by atoms with Crippen LogP contribution in [0, 0.1) is 5.92 Å². The van der Waals surface area contributed by atoms with Gasteiger partial charge in [-0.25, -0.2) is 9.59 Å². The number of allylic oxidation sites excluding steroid dienone is 1. The largest absolute Gasteiger partial charge is 0.462 e. The van der Waals surface area contributed by atoms with Crippen LogP contribution in [0.15, 0.2) is 61.2 Å². The molecular weight excluding hydrogens is 416 g/mol. The molecule has 0 bridgehead atoms. The third-order valence-corrected chi connectivity index (χ3v) is 5.91. The average molecular weight is 449 g/mol. The molecule has 1 aliphatic carbocycles. The lowest BCUT2D eigenvalue weighted by Gasteiger charge is -2.27. The van der Waals surface area contributed by atoms with Crippen molar-refractivity contribution in [2.24, 2.45) is 5.92 Å². The minimum atomic E-state index is -0.445. The van der Waals surface area contributed by atoms with Gasteiger partial charge in [0.25, 0.3) is 0 Å². The first-order valence-corrected chi connectivity index (χ1v) is 11.3. The third kappa shape index (κ3) is 7.52. The van der Waals surface area contributed by atoms with Crippen molar-refractivity contribution in [1.29, 1.82) is 0 Å². The molecular formula is C27H32N2O4. The van der Waals surface area contributed by atoms with Crippen molar-refractivity contribution in [3.8, 4) is 0 Å². The quantitative estimate of drug-likeness (QED) is 0.244. The minimum Gasteiger partial charge on any atom is -0.462 e. The van der Waals surface area contributed by atoms with Gasteiger partial charge in [-0.05, 0) is 79.5 Å². The first-order chi connectivity index (χ1) is 15.9. The maximum absolute atomic E-state index is 12.4. The molecule has 0 amide bonds. The number of nitrogens with two attached hydrogens (primary N) is 2. The zero-order valence-electron chi connectivity index (χ0n) is 18.9. The standard InChI is InChI=1S/C27H32N2O4/c1-2-3-19-6-13-24(14-7-19)33-27(31)22-9-4-20(5-10-22)8-15-26(30)32-17-16-21-11-12-23(28)18-25(21)29/h2,4-5,8-12,15,18-19,24H,1,3,6-7,13-14,16-17,28-29H2/b15-8+. The van der Waals surface area contributed by atoms with Crippen LogP contribution in [0.5, 0.6) is 0 Å². The van der Waals surface area contributed by atoms with Gasteiger partial charge in [0.15, 0.2) is 0 Å². The molecule has 0 saturated heterocycles. The molecule has 2 aromatic carbocycles. The Morgan fingerprint density at radius 3 is 2.42 bits per heavy atom. The summed E-state index contributed by atoms with van der Waals surface area (Å²) in [5.74, 6) is -0.0929. The Labute approximate surface area is 195 Å². The first kappa shape index (κ1) is 24.1. The predicted molar refractivity (Wildman–Crippen MR) is 131 cm³/mol. The molecule has 1 saturated carbocycles. The molecule has 0 spiro atoms. The molecule has 0 radical (unpaired) electrons. The third-order valence-electron chi connectivity index (χ3n) is 5.91. The predicted octanol–water partition coefficient (Wildman–Crippen LogP) is 4.94. The lowest BCUT2D eigenvalue weighted by atomic mass is 9.85. The van der Waals surface area contributed by atoms with Crippen molar-refractivity contribution < 1.29 is 19.1 Å². The molecule has 2 aromatic rings. The number of hydrogen-bond donors (Lipinski definition) is 2. The van der Waals surface area contributed by atoms with Crippen LogP contribution in [0.1, 0.15) is 53.6 Å². The van der Waals surface area contributed by atoms with E-state index in [1.807, 2.05) is 12.1 Å². The maximum Gasteiger partial charge on any atom is 0.338 e. The summed E-state index contributed by atoms with van der Waals surface area (Å²) in [6.45, 7) is 4.02. The molecule has 4 N–H and O–H groups in total. The van der Waals surface area contributed by atoms with E-state index in [4.69, 9.17) is 20.9 Å². The highest BCUT2D eigenvalue weighted by molar-refractivity contribution is 5.90. The van der Waals surface area contributed by atoms with E-state index in [-0.39, 0.29) is 18.7 Å². The second-order valence-electron chi connectivity index (χ2n) is 8.40. The summed E-state index contributed by atoms with van der Waals surface area (Å²) < 4.78 is 10.9. The molecule has 33 heavy (non-hydrogen) atoms. The molecule has 1 fully saturated rings. The number of benzene rings is 2. The van der Waals surface area contributed by atoms with E-state index in [0.717, 1.165) is 43.2 Å². The number of carbonyl (C=O) groups is 2. The van der Waals surface area contributed by atoms with Crippen LogP contribution in [-0.4, -0.2) is 24.6 Å². The Balaban J connectivity index is 1.42. The summed E-state index contributed by atoms with van der Waals surface area (Å²) in [5.41, 5.74) is 14.9. The fourth-order valence-corrected chi connectivity index (χ4v) is 3.99. The van der Waals surface area contributed by atoms with E-state index >= 15 is 0 Å². The van der Waals surface area contributed by atoms with Crippen LogP contribution in [-0.2, 0) is 20.7 Å². The van der Waals surface area contributed by atoms with Crippen LogP contribution >= 0.6 is 0 Å². The Morgan fingerprint density at radius 1 is 1.03 bits per heavy atom. The highest BCUT2D eigenvalue weighted by Gasteiger charge is 2.23. The van der Waals surface area contributed by atoms with E-state index in [2.05, 4.69) is 6.58 Å². The fraction of sp³-hybridized carbons (Fsp3) is 0.333. The number of nitrogen functional groups attached to an aromatic ring is 2. The van der Waals surface area contributed by atoms with Crippen LogP contribution in [0.3, 0.4) is 0 Å². The molecule has 0 heterocycles. The van der Waals surface area contributed by atoms with Gasteiger partial charge in [0.05, 0.1) is 12.2 Å². The van der Waals surface area contributed by atoms with Crippen LogP contribution in [0.25, 0.3) is 6.08 Å². The molecule has 3 rings (SSSR count). The van der Waals surface area contributed by atoms with Crippen molar-refractivity contribution in [3.05, 3.63) is 77.9 Å². The van der Waals surface area contributed by atoms with Crippen molar-refractivity contribution in [2.75, 3.05) is 18.1 Å². The normalized spacial score (nSPS) is 18.1. The van der Waals surface area contributed by atoms with Gasteiger partial charge in [-0.3, -0.25) is 0 Å². The Hall–Kier alpha value is -3.54. The second kappa shape index (κ2) is 11.9. The second-order valence-corrected chi connectivity index (χ2v) is 8.40. The monoisotopic (exact) mass is 448 g/mol. The number of esters is 2. The number of rotatable bonds is 9. The summed E-state index contributed by atoms with van der Waals surface area (Å²) in [4.78, 5) is 24.4. The van der Waals surface area contributed by atoms with Gasteiger partial charge >= 0.3 is 11.9 Å². The zero-order chi connectivity index (χ0) is 23.6. The molecule has 6 heteroatoms. The lowest BCUT2D eigenvalue weighted by molar-refractivity contribution is -0.137. The number of hydrogen-bond acceptors (Lipinski definition) is 6. The van der Waals surface area contributed by atoms with Gasteiger partial charge in [0.1, 0.15) is 6.10 Å². The van der Waals surface area contributed by atoms with Gasteiger partial charge < -0.3 is 20.9 Å². The van der Waals surface area contributed by atoms with Crippen LogP contribution < -0.4 is 11.5 Å². The topological polar surface area (TPSA) is 105 Å². The highest BCUT2D eigenvalue weighted by atomic mass is 16.5. The van der Waals surface area contributed by atoms with E-state index in [1.54, 1.807) is 42.5 Å². The van der Waals surface area contributed by atoms with Crippen molar-refractivity contribution in [3.63, 3.8) is 0 Å². The van der Waals surface area contributed by atoms with E-state index in [1.165, 1.54) is 6.08 Å². The minimum absolute atomic E-state index is 0.0171. The fourth-order valence-electron chi connectivity index (χ4n) is 3.99. The smallest absolute Gasteiger partial charge is 0.338 e. The zero-order valence-corrected chi connectivity index (χ0v) is 18.9. The molecule has 1 aliphatic rings. The summed E-state index contributed by atoms with van der Waals surface area (Å²) >= 11 is 0. The van der Waals surface area contributed by atoms with Crippen LogP contribution in [0.4, 0.5) is 11.4 Å². The summed E-state index contributed by atoms with van der Waals surface area (Å²) in [6.07, 6.45) is 10.4. The highest BCUT2D eigenvalue weighted by Crippen LogP contribution is 2.29. The Morgan fingerprint density at radius 2 is 1.76 bits per heavy atom. The Bertz CT molecular complexity index is 990. The van der Waals surface area contributed by atoms with Gasteiger partial charge in [-0.1, -0.05) is 24.3 Å². The van der Waals surface area contributed by atoms with Gasteiger partial charge in [-0.2, -0.15) is 0 Å². The molecule has 0 unspecified atom stereocenters. The van der Waals surface area contributed by atoms with Crippen molar-refractivity contribution in [2.45, 2.75) is 44.6 Å². The van der Waals surface area contributed by atoms with Gasteiger partial charge in [0, 0.05) is 23.9 Å². The molecule has 0 atom stereocenters. The molecule has 0 aliphatic heterocycles. The summed E-state index contributed by atoms with van der Waals surface area (Å²) in [5, 5.41) is 0. The van der Waals surface area contributed by atoms with E-state index < -0.39 is 5.97 Å². The molecule has 6 nitrogen and oxygen atoms in total. The maximum atomic E-state index is 12.4. The van der Waals surface area contributed by atoms with E-state index in [0.29, 0.717) is 29.3 Å².